The minimum absolute atomic E-state index is 0.0210. The van der Waals surface area contributed by atoms with Crippen molar-refractivity contribution in [1.29, 1.82) is 0 Å². The quantitative estimate of drug-likeness (QED) is 0.324. The van der Waals surface area contributed by atoms with Crippen LogP contribution in [0, 0.1) is 17.3 Å². The van der Waals surface area contributed by atoms with Gasteiger partial charge in [0, 0.05) is 11.0 Å². The third-order valence-corrected chi connectivity index (χ3v) is 8.36. The van der Waals surface area contributed by atoms with Gasteiger partial charge in [0.05, 0.1) is 17.8 Å². The molecule has 7 heteroatoms. The van der Waals surface area contributed by atoms with Crippen LogP contribution < -0.4 is 0 Å². The molecule has 33 heavy (non-hydrogen) atoms. The first-order valence-electron chi connectivity index (χ1n) is 12.2. The van der Waals surface area contributed by atoms with E-state index in [4.69, 9.17) is 14.2 Å². The molecule has 188 valence electrons. The van der Waals surface area contributed by atoms with E-state index in [2.05, 4.69) is 26.8 Å². The summed E-state index contributed by atoms with van der Waals surface area (Å²) in [6.07, 6.45) is 0.791. The molecule has 1 aliphatic heterocycles. The molecule has 1 heterocycles. The fraction of sp³-hybridized carbons (Fsp3) is 0.808. The highest BCUT2D eigenvalue weighted by molar-refractivity contribution is 5.87. The van der Waals surface area contributed by atoms with Crippen molar-refractivity contribution in [3.8, 4) is 0 Å². The number of rotatable bonds is 5. The molecule has 0 aromatic carbocycles. The van der Waals surface area contributed by atoms with Crippen molar-refractivity contribution in [3.05, 3.63) is 23.3 Å². The van der Waals surface area contributed by atoms with E-state index in [-0.39, 0.29) is 11.3 Å². The Labute approximate surface area is 197 Å². The van der Waals surface area contributed by atoms with Crippen molar-refractivity contribution in [3.63, 3.8) is 0 Å². The molecule has 2 aliphatic carbocycles. The Morgan fingerprint density at radius 3 is 2.52 bits per heavy atom. The predicted octanol–water partition coefficient (Wildman–Crippen LogP) is 3.26. The average molecular weight is 467 g/mol. The summed E-state index contributed by atoms with van der Waals surface area (Å²) < 4.78 is 18.2. The van der Waals surface area contributed by atoms with Crippen molar-refractivity contribution in [2.75, 3.05) is 0 Å². The van der Waals surface area contributed by atoms with Crippen LogP contribution in [0.3, 0.4) is 0 Å². The average Bonchev–Trinajstić information content (AvgIpc) is 2.77. The molecule has 3 aliphatic rings. The van der Waals surface area contributed by atoms with Crippen LogP contribution in [0.5, 0.6) is 0 Å². The lowest BCUT2D eigenvalue weighted by molar-refractivity contribution is -0.338. The van der Waals surface area contributed by atoms with Gasteiger partial charge in [0.25, 0.3) is 0 Å². The zero-order valence-electron chi connectivity index (χ0n) is 21.1. The van der Waals surface area contributed by atoms with E-state index in [0.29, 0.717) is 24.3 Å². The van der Waals surface area contributed by atoms with Crippen LogP contribution in [0.25, 0.3) is 0 Å². The molecule has 7 nitrogen and oxygen atoms in total. The fourth-order valence-corrected chi connectivity index (χ4v) is 5.69. The van der Waals surface area contributed by atoms with Gasteiger partial charge in [-0.3, -0.25) is 0 Å². The molecule has 0 bridgehead atoms. The van der Waals surface area contributed by atoms with Crippen LogP contribution in [-0.2, 0) is 19.0 Å². The molecule has 9 unspecified atom stereocenters. The number of aliphatic hydroxyl groups excluding tert-OH is 3. The van der Waals surface area contributed by atoms with Gasteiger partial charge in [-0.2, -0.15) is 0 Å². The maximum absolute atomic E-state index is 12.5. The Morgan fingerprint density at radius 2 is 1.91 bits per heavy atom. The molecule has 1 saturated carbocycles. The summed E-state index contributed by atoms with van der Waals surface area (Å²) >= 11 is 0. The summed E-state index contributed by atoms with van der Waals surface area (Å²) in [6, 6.07) is 0. The Morgan fingerprint density at radius 1 is 1.24 bits per heavy atom. The van der Waals surface area contributed by atoms with E-state index in [1.165, 1.54) is 5.57 Å². The van der Waals surface area contributed by atoms with Crippen LogP contribution in [0.4, 0.5) is 0 Å². The zero-order valence-corrected chi connectivity index (χ0v) is 21.1. The smallest absolute Gasteiger partial charge is 0.333 e. The normalized spacial score (nSPS) is 44.3. The van der Waals surface area contributed by atoms with Crippen molar-refractivity contribution >= 4 is 5.97 Å². The number of hydrogen-bond donors (Lipinski definition) is 3. The van der Waals surface area contributed by atoms with Gasteiger partial charge < -0.3 is 29.5 Å². The second kappa shape index (κ2) is 9.78. The molecule has 0 aromatic rings. The molecule has 3 rings (SSSR count). The molecule has 3 N–H and O–H groups in total. The summed E-state index contributed by atoms with van der Waals surface area (Å²) in [5.41, 5.74) is 0.723. The van der Waals surface area contributed by atoms with E-state index in [1.807, 2.05) is 6.92 Å². The van der Waals surface area contributed by atoms with Crippen LogP contribution in [0.2, 0.25) is 0 Å². The molecule has 9 atom stereocenters. The van der Waals surface area contributed by atoms with Gasteiger partial charge in [-0.25, -0.2) is 4.79 Å². The van der Waals surface area contributed by atoms with Gasteiger partial charge in [0.2, 0.25) is 0 Å². The third-order valence-electron chi connectivity index (χ3n) is 8.36. The van der Waals surface area contributed by atoms with Gasteiger partial charge >= 0.3 is 5.97 Å². The highest BCUT2D eigenvalue weighted by atomic mass is 16.7. The van der Waals surface area contributed by atoms with Crippen LogP contribution in [0.1, 0.15) is 74.1 Å². The lowest BCUT2D eigenvalue weighted by atomic mass is 9.54. The standard InChI is InChI=1S/C26H42O7/c1-8-15(4)23(30)32-22-21(29)20(28)16(5)31-24(22)33-26(7)12-10-19(27)25(6)11-9-17(14(2)3)13-18(25)26/h8-9,14,16,18-22,24,27-29H,10-13H2,1-7H3. The summed E-state index contributed by atoms with van der Waals surface area (Å²) in [5.74, 6) is -0.164. The monoisotopic (exact) mass is 466 g/mol. The van der Waals surface area contributed by atoms with Gasteiger partial charge in [-0.15, -0.1) is 0 Å². The lowest BCUT2D eigenvalue weighted by Crippen LogP contribution is -2.63. The van der Waals surface area contributed by atoms with E-state index < -0.39 is 48.4 Å². The van der Waals surface area contributed by atoms with Gasteiger partial charge in [0.1, 0.15) is 12.2 Å². The topological polar surface area (TPSA) is 105 Å². The first kappa shape index (κ1) is 26.4. The molecule has 0 amide bonds. The molecular formula is C26H42O7. The minimum Gasteiger partial charge on any atom is -0.451 e. The Kier molecular flexibility index (Phi) is 7.81. The Hall–Kier alpha value is -1.25. The lowest BCUT2D eigenvalue weighted by Gasteiger charge is -2.57. The number of allylic oxidation sites excluding steroid dienone is 3. The summed E-state index contributed by atoms with van der Waals surface area (Å²) in [7, 11) is 0. The number of fused-ring (bicyclic) bond motifs is 1. The van der Waals surface area contributed by atoms with Crippen LogP contribution in [-0.4, -0.2) is 63.7 Å². The second-order valence-corrected chi connectivity index (χ2v) is 10.9. The van der Waals surface area contributed by atoms with Gasteiger partial charge in [-0.05, 0) is 65.2 Å². The number of carbonyl (C=O) groups excluding carboxylic acids is 1. The largest absolute Gasteiger partial charge is 0.451 e. The highest BCUT2D eigenvalue weighted by Crippen LogP contribution is 2.56. The molecule has 0 aromatic heterocycles. The van der Waals surface area contributed by atoms with Gasteiger partial charge in [0.15, 0.2) is 12.4 Å². The molecular weight excluding hydrogens is 424 g/mol. The molecule has 0 spiro atoms. The Bertz CT molecular complexity index is 790. The van der Waals surface area contributed by atoms with E-state index in [0.717, 1.165) is 12.8 Å². The fourth-order valence-electron chi connectivity index (χ4n) is 5.69. The number of carbonyl (C=O) groups is 1. The van der Waals surface area contributed by atoms with Gasteiger partial charge in [-0.1, -0.05) is 38.5 Å². The molecule has 0 radical (unpaired) electrons. The third kappa shape index (κ3) is 4.94. The Balaban J connectivity index is 1.91. The van der Waals surface area contributed by atoms with Crippen molar-refractivity contribution in [2.45, 2.75) is 117 Å². The van der Waals surface area contributed by atoms with Crippen molar-refractivity contribution in [2.24, 2.45) is 17.3 Å². The maximum atomic E-state index is 12.5. The summed E-state index contributed by atoms with van der Waals surface area (Å²) in [6.45, 7) is 13.5. The van der Waals surface area contributed by atoms with Crippen molar-refractivity contribution < 1.29 is 34.3 Å². The van der Waals surface area contributed by atoms with Crippen LogP contribution >= 0.6 is 0 Å². The SMILES string of the molecule is CC=C(C)C(=O)OC1C(OC2(C)CCC(O)C3(C)CC=C(C(C)C)CC23)OC(C)C(O)C1O. The number of hydrogen-bond acceptors (Lipinski definition) is 7. The van der Waals surface area contributed by atoms with E-state index in [9.17, 15) is 20.1 Å². The maximum Gasteiger partial charge on any atom is 0.333 e. The first-order valence-corrected chi connectivity index (χ1v) is 12.2. The van der Waals surface area contributed by atoms with Crippen LogP contribution in [0.15, 0.2) is 23.3 Å². The summed E-state index contributed by atoms with van der Waals surface area (Å²) in [4.78, 5) is 12.5. The zero-order chi connectivity index (χ0) is 24.7. The predicted molar refractivity (Wildman–Crippen MR) is 124 cm³/mol. The number of ether oxygens (including phenoxy) is 3. The molecule has 1 saturated heterocycles. The van der Waals surface area contributed by atoms with E-state index >= 15 is 0 Å². The second-order valence-electron chi connectivity index (χ2n) is 10.9. The number of esters is 1. The van der Waals surface area contributed by atoms with Crippen molar-refractivity contribution in [1.82, 2.24) is 0 Å². The summed E-state index contributed by atoms with van der Waals surface area (Å²) in [5, 5.41) is 32.1. The minimum atomic E-state index is -1.34. The number of aliphatic hydroxyl groups is 3. The first-order chi connectivity index (χ1) is 15.3. The highest BCUT2D eigenvalue weighted by Gasteiger charge is 2.57. The molecule has 2 fully saturated rings. The van der Waals surface area contributed by atoms with E-state index in [1.54, 1.807) is 26.8 Å².